The van der Waals surface area contributed by atoms with Gasteiger partial charge >= 0.3 is 5.97 Å². The maximum atomic E-state index is 11.8. The number of hydrogen-bond acceptors (Lipinski definition) is 5. The number of rotatable bonds is 1. The summed E-state index contributed by atoms with van der Waals surface area (Å²) in [4.78, 5) is 22.6. The number of carboxylic acids is 1. The molecule has 2 aromatic rings. The van der Waals surface area contributed by atoms with Crippen molar-refractivity contribution < 1.29 is 23.8 Å². The summed E-state index contributed by atoms with van der Waals surface area (Å²) in [6.07, 6.45) is 0. The smallest absolute Gasteiger partial charge is 0.371 e. The van der Waals surface area contributed by atoms with Crippen LogP contribution in [-0.4, -0.2) is 24.3 Å². The van der Waals surface area contributed by atoms with Crippen molar-refractivity contribution in [2.45, 2.75) is 0 Å². The average Bonchev–Trinajstić information content (AvgIpc) is 2.36. The quantitative estimate of drug-likeness (QED) is 0.817. The van der Waals surface area contributed by atoms with E-state index in [4.69, 9.17) is 19.0 Å². The molecule has 1 aliphatic heterocycles. The number of fused-ring (bicyclic) bond motifs is 2. The Morgan fingerprint density at radius 1 is 1.11 bits per heavy atom. The van der Waals surface area contributed by atoms with Crippen LogP contribution < -0.4 is 14.9 Å². The Hall–Kier alpha value is -2.50. The lowest BCUT2D eigenvalue weighted by Crippen LogP contribution is -2.16. The summed E-state index contributed by atoms with van der Waals surface area (Å²) in [5.41, 5.74) is -0.255. The van der Waals surface area contributed by atoms with E-state index in [1.165, 1.54) is 12.1 Å². The van der Waals surface area contributed by atoms with E-state index >= 15 is 0 Å². The van der Waals surface area contributed by atoms with Crippen LogP contribution in [0.1, 0.15) is 10.6 Å². The molecule has 1 aromatic heterocycles. The number of carboxylic acid groups (broad SMARTS) is 1. The van der Waals surface area contributed by atoms with Crippen molar-refractivity contribution >= 4 is 16.9 Å². The van der Waals surface area contributed by atoms with Gasteiger partial charge in [-0.25, -0.2) is 4.79 Å². The molecular formula is C12H8O6. The highest BCUT2D eigenvalue weighted by atomic mass is 16.6. The third-order valence-electron chi connectivity index (χ3n) is 2.60. The van der Waals surface area contributed by atoms with Gasteiger partial charge in [-0.15, -0.1) is 0 Å². The summed E-state index contributed by atoms with van der Waals surface area (Å²) in [7, 11) is 0. The van der Waals surface area contributed by atoms with Gasteiger partial charge < -0.3 is 19.0 Å². The van der Waals surface area contributed by atoms with Crippen LogP contribution in [0.4, 0.5) is 0 Å². The first-order valence-corrected chi connectivity index (χ1v) is 5.26. The maximum absolute atomic E-state index is 11.8. The third-order valence-corrected chi connectivity index (χ3v) is 2.60. The predicted molar refractivity (Wildman–Crippen MR) is 60.4 cm³/mol. The van der Waals surface area contributed by atoms with Crippen LogP contribution in [0.25, 0.3) is 11.0 Å². The first-order chi connectivity index (χ1) is 8.65. The zero-order chi connectivity index (χ0) is 12.7. The van der Waals surface area contributed by atoms with Gasteiger partial charge in [0.05, 0.1) is 5.39 Å². The summed E-state index contributed by atoms with van der Waals surface area (Å²) in [6.45, 7) is 0.818. The zero-order valence-corrected chi connectivity index (χ0v) is 9.13. The Labute approximate surface area is 100 Å². The minimum absolute atomic E-state index is 0.171. The van der Waals surface area contributed by atoms with E-state index in [0.29, 0.717) is 24.7 Å². The van der Waals surface area contributed by atoms with Gasteiger partial charge in [-0.1, -0.05) is 0 Å². The largest absolute Gasteiger partial charge is 0.486 e. The highest BCUT2D eigenvalue weighted by molar-refractivity contribution is 5.88. The lowest BCUT2D eigenvalue weighted by Gasteiger charge is -2.18. The van der Waals surface area contributed by atoms with Crippen molar-refractivity contribution in [2.24, 2.45) is 0 Å². The molecule has 0 aliphatic carbocycles. The highest BCUT2D eigenvalue weighted by Crippen LogP contribution is 2.33. The molecule has 0 spiro atoms. The summed E-state index contributed by atoms with van der Waals surface area (Å²) in [5, 5.41) is 9.09. The highest BCUT2D eigenvalue weighted by Gasteiger charge is 2.17. The van der Waals surface area contributed by atoms with Gasteiger partial charge in [0.2, 0.25) is 5.76 Å². The molecule has 0 radical (unpaired) electrons. The first kappa shape index (κ1) is 10.6. The molecular weight excluding hydrogens is 240 g/mol. The molecule has 1 aromatic carbocycles. The minimum atomic E-state index is -1.29. The molecule has 0 atom stereocenters. The van der Waals surface area contributed by atoms with Crippen LogP contribution >= 0.6 is 0 Å². The van der Waals surface area contributed by atoms with Crippen LogP contribution in [0.3, 0.4) is 0 Å². The molecule has 1 aliphatic rings. The SMILES string of the molecule is O=C(O)c1cc(=O)c2cc3c(cc2o1)OCCO3. The van der Waals surface area contributed by atoms with E-state index in [0.717, 1.165) is 6.07 Å². The van der Waals surface area contributed by atoms with Gasteiger partial charge in [-0.05, 0) is 6.07 Å². The standard InChI is InChI=1S/C12H8O6/c13-7-4-11(12(14)15)18-8-5-10-9(3-6(7)8)16-1-2-17-10/h3-5H,1-2H2,(H,14,15). The zero-order valence-electron chi connectivity index (χ0n) is 9.13. The van der Waals surface area contributed by atoms with Crippen LogP contribution in [0.15, 0.2) is 27.4 Å². The molecule has 0 amide bonds. The number of ether oxygens (including phenoxy) is 2. The lowest BCUT2D eigenvalue weighted by atomic mass is 10.2. The van der Waals surface area contributed by atoms with Gasteiger partial charge in [-0.3, -0.25) is 4.79 Å². The lowest BCUT2D eigenvalue weighted by molar-refractivity contribution is 0.0663. The molecule has 0 unspecified atom stereocenters. The van der Waals surface area contributed by atoms with E-state index in [1.807, 2.05) is 0 Å². The van der Waals surface area contributed by atoms with Gasteiger partial charge in [-0.2, -0.15) is 0 Å². The van der Waals surface area contributed by atoms with Gasteiger partial charge in [0.1, 0.15) is 18.8 Å². The molecule has 1 N–H and O–H groups in total. The fraction of sp³-hybridized carbons (Fsp3) is 0.167. The summed E-state index contributed by atoms with van der Waals surface area (Å²) in [5.74, 6) is -0.781. The molecule has 6 heteroatoms. The molecule has 0 fully saturated rings. The number of hydrogen-bond donors (Lipinski definition) is 1. The van der Waals surface area contributed by atoms with Crippen molar-refractivity contribution in [2.75, 3.05) is 13.2 Å². The summed E-state index contributed by atoms with van der Waals surface area (Å²) >= 11 is 0. The predicted octanol–water partition coefficient (Wildman–Crippen LogP) is 1.26. The summed E-state index contributed by atoms with van der Waals surface area (Å²) in [6, 6.07) is 3.92. The number of carbonyl (C=O) groups is 1. The molecule has 6 nitrogen and oxygen atoms in total. The molecule has 2 heterocycles. The van der Waals surface area contributed by atoms with Crippen molar-refractivity contribution in [1.29, 1.82) is 0 Å². The molecule has 0 saturated carbocycles. The summed E-state index contributed by atoms with van der Waals surface area (Å²) < 4.78 is 15.8. The Kier molecular flexibility index (Phi) is 2.22. The van der Waals surface area contributed by atoms with E-state index in [-0.39, 0.29) is 11.0 Å². The molecule has 92 valence electrons. The van der Waals surface area contributed by atoms with Crippen LogP contribution in [0.5, 0.6) is 11.5 Å². The molecule has 3 rings (SSSR count). The van der Waals surface area contributed by atoms with Gasteiger partial charge in [0.15, 0.2) is 16.9 Å². The second-order valence-electron chi connectivity index (χ2n) is 3.77. The Balaban J connectivity index is 2.30. The topological polar surface area (TPSA) is 86.0 Å². The first-order valence-electron chi connectivity index (χ1n) is 5.26. The van der Waals surface area contributed by atoms with Crippen molar-refractivity contribution in [3.63, 3.8) is 0 Å². The Morgan fingerprint density at radius 3 is 2.44 bits per heavy atom. The molecule has 0 saturated heterocycles. The van der Waals surface area contributed by atoms with E-state index in [1.54, 1.807) is 0 Å². The Morgan fingerprint density at radius 2 is 1.78 bits per heavy atom. The number of benzene rings is 1. The van der Waals surface area contributed by atoms with Crippen LogP contribution in [-0.2, 0) is 0 Å². The normalized spacial score (nSPS) is 13.6. The van der Waals surface area contributed by atoms with Crippen LogP contribution in [0, 0.1) is 0 Å². The third kappa shape index (κ3) is 1.58. The van der Waals surface area contributed by atoms with Crippen molar-refractivity contribution in [3.8, 4) is 11.5 Å². The number of aromatic carboxylic acids is 1. The van der Waals surface area contributed by atoms with E-state index in [2.05, 4.69) is 0 Å². The van der Waals surface area contributed by atoms with Gasteiger partial charge in [0, 0.05) is 12.1 Å². The second-order valence-corrected chi connectivity index (χ2v) is 3.77. The fourth-order valence-corrected chi connectivity index (χ4v) is 1.80. The van der Waals surface area contributed by atoms with Crippen LogP contribution in [0.2, 0.25) is 0 Å². The monoisotopic (exact) mass is 248 g/mol. The van der Waals surface area contributed by atoms with Gasteiger partial charge in [0.25, 0.3) is 0 Å². The average molecular weight is 248 g/mol. The second kappa shape index (κ2) is 3.76. The minimum Gasteiger partial charge on any atom is -0.486 e. The van der Waals surface area contributed by atoms with Crippen molar-refractivity contribution in [1.82, 2.24) is 0 Å². The Bertz CT molecular complexity index is 700. The fourth-order valence-electron chi connectivity index (χ4n) is 1.80. The van der Waals surface area contributed by atoms with E-state index in [9.17, 15) is 9.59 Å². The van der Waals surface area contributed by atoms with E-state index < -0.39 is 17.2 Å². The molecule has 0 bridgehead atoms. The van der Waals surface area contributed by atoms with Crippen molar-refractivity contribution in [3.05, 3.63) is 34.2 Å². The molecule has 18 heavy (non-hydrogen) atoms. The maximum Gasteiger partial charge on any atom is 0.371 e.